The number of methoxy groups -OCH3 is 1. The van der Waals surface area contributed by atoms with E-state index in [0.717, 1.165) is 21.9 Å². The molecule has 0 atom stereocenters. The Labute approximate surface area is 154 Å². The zero-order valence-electron chi connectivity index (χ0n) is 14.4. The van der Waals surface area contributed by atoms with Crippen molar-refractivity contribution in [3.05, 3.63) is 52.2 Å². The molecule has 0 saturated heterocycles. The lowest BCUT2D eigenvalue weighted by molar-refractivity contribution is -0.145. The molecular formula is C18H18N2O5S. The van der Waals surface area contributed by atoms with Gasteiger partial charge in [-0.3, -0.25) is 9.59 Å². The van der Waals surface area contributed by atoms with Gasteiger partial charge in [-0.2, -0.15) is 10.1 Å². The first-order valence-corrected chi connectivity index (χ1v) is 8.68. The lowest BCUT2D eigenvalue weighted by Gasteiger charge is -2.16. The van der Waals surface area contributed by atoms with Crippen LogP contribution in [0.5, 0.6) is 0 Å². The maximum atomic E-state index is 12.6. The summed E-state index contributed by atoms with van der Waals surface area (Å²) in [5, 5.41) is 6.84. The molecule has 0 unspecified atom stereocenters. The Kier molecular flexibility index (Phi) is 7.04. The first-order chi connectivity index (χ1) is 12.6. The van der Waals surface area contributed by atoms with E-state index in [1.165, 1.54) is 13.3 Å². The number of hydrogen-bond acceptors (Lipinski definition) is 7. The number of nitrogens with zero attached hydrogens (tertiary/aromatic N) is 2. The van der Waals surface area contributed by atoms with Crippen LogP contribution in [0.3, 0.4) is 0 Å². The van der Waals surface area contributed by atoms with Gasteiger partial charge in [0.15, 0.2) is 0 Å². The van der Waals surface area contributed by atoms with Gasteiger partial charge in [0.2, 0.25) is 0 Å². The Morgan fingerprint density at radius 1 is 1.19 bits per heavy atom. The van der Waals surface area contributed by atoms with Crippen molar-refractivity contribution in [2.75, 3.05) is 18.7 Å². The lowest BCUT2D eigenvalue weighted by atomic mass is 10.2. The van der Waals surface area contributed by atoms with Crippen molar-refractivity contribution in [1.82, 2.24) is 0 Å². The number of rotatable bonds is 7. The van der Waals surface area contributed by atoms with Gasteiger partial charge in [-0.05, 0) is 23.9 Å². The minimum Gasteiger partial charge on any atom is -0.466 e. The Bertz CT molecular complexity index is 801. The summed E-state index contributed by atoms with van der Waals surface area (Å²) in [5.41, 5.74) is 1.01. The van der Waals surface area contributed by atoms with E-state index >= 15 is 0 Å². The van der Waals surface area contributed by atoms with Crippen LogP contribution >= 0.6 is 11.3 Å². The van der Waals surface area contributed by atoms with Crippen molar-refractivity contribution < 1.29 is 23.9 Å². The van der Waals surface area contributed by atoms with E-state index in [1.54, 1.807) is 18.4 Å². The number of thiophene rings is 1. The largest absolute Gasteiger partial charge is 0.466 e. The summed E-state index contributed by atoms with van der Waals surface area (Å²) < 4.78 is 9.55. The van der Waals surface area contributed by atoms with E-state index in [2.05, 4.69) is 5.10 Å². The maximum Gasteiger partial charge on any atom is 0.350 e. The highest BCUT2D eigenvalue weighted by molar-refractivity contribution is 7.12. The normalized spacial score (nSPS) is 10.5. The minimum absolute atomic E-state index is 0.172. The number of carbonyl (C=O) groups is 3. The molecule has 0 bridgehead atoms. The van der Waals surface area contributed by atoms with Crippen LogP contribution in [0.25, 0.3) is 0 Å². The van der Waals surface area contributed by atoms with Gasteiger partial charge < -0.3 is 9.47 Å². The standard InChI is InChI=1S/C18H18N2O5S/c1-3-25-16(22)11-15(21)20(19-12-13-7-5-4-6-8-13)14-9-10-26-17(14)18(23)24-2/h4-10,12H,3,11H2,1-2H3/b19-12+. The molecule has 26 heavy (non-hydrogen) atoms. The highest BCUT2D eigenvalue weighted by Gasteiger charge is 2.25. The number of amides is 1. The van der Waals surface area contributed by atoms with E-state index in [1.807, 2.05) is 30.3 Å². The van der Waals surface area contributed by atoms with Crippen molar-refractivity contribution in [1.29, 1.82) is 0 Å². The Hall–Kier alpha value is -3.00. The molecule has 0 N–H and O–H groups in total. The van der Waals surface area contributed by atoms with E-state index in [4.69, 9.17) is 9.47 Å². The van der Waals surface area contributed by atoms with Crippen LogP contribution in [-0.2, 0) is 19.1 Å². The second kappa shape index (κ2) is 9.47. The zero-order valence-corrected chi connectivity index (χ0v) is 15.2. The molecule has 1 aromatic carbocycles. The smallest absolute Gasteiger partial charge is 0.350 e. The van der Waals surface area contributed by atoms with E-state index in [0.29, 0.717) is 0 Å². The average molecular weight is 374 g/mol. The topological polar surface area (TPSA) is 85.3 Å². The van der Waals surface area contributed by atoms with Crippen molar-refractivity contribution in [2.45, 2.75) is 13.3 Å². The summed E-state index contributed by atoms with van der Waals surface area (Å²) in [5.74, 6) is -1.86. The van der Waals surface area contributed by atoms with Crippen LogP contribution in [0.1, 0.15) is 28.6 Å². The molecule has 0 spiro atoms. The number of ether oxygens (including phenoxy) is 2. The first-order valence-electron chi connectivity index (χ1n) is 7.80. The van der Waals surface area contributed by atoms with Crippen LogP contribution < -0.4 is 5.01 Å². The number of hydrogen-bond donors (Lipinski definition) is 0. The van der Waals surface area contributed by atoms with E-state index in [-0.39, 0.29) is 17.2 Å². The van der Waals surface area contributed by atoms with Crippen LogP contribution in [0.2, 0.25) is 0 Å². The third-order valence-corrected chi connectivity index (χ3v) is 4.09. The third kappa shape index (κ3) is 5.00. The third-order valence-electron chi connectivity index (χ3n) is 3.20. The van der Waals surface area contributed by atoms with Crippen LogP contribution in [0.15, 0.2) is 46.9 Å². The van der Waals surface area contributed by atoms with Crippen LogP contribution in [0, 0.1) is 0 Å². The van der Waals surface area contributed by atoms with Crippen molar-refractivity contribution in [3.8, 4) is 0 Å². The van der Waals surface area contributed by atoms with Crippen molar-refractivity contribution in [3.63, 3.8) is 0 Å². The monoisotopic (exact) mass is 374 g/mol. The van der Waals surface area contributed by atoms with Crippen LogP contribution in [0.4, 0.5) is 5.69 Å². The highest BCUT2D eigenvalue weighted by atomic mass is 32.1. The Morgan fingerprint density at radius 2 is 1.92 bits per heavy atom. The molecule has 7 nitrogen and oxygen atoms in total. The molecule has 1 amide bonds. The molecule has 0 aliphatic heterocycles. The number of hydrazone groups is 1. The molecule has 0 aliphatic rings. The first kappa shape index (κ1) is 19.3. The van der Waals surface area contributed by atoms with Crippen LogP contribution in [-0.4, -0.2) is 37.8 Å². The Morgan fingerprint density at radius 3 is 2.58 bits per heavy atom. The molecular weight excluding hydrogens is 356 g/mol. The van der Waals surface area contributed by atoms with Gasteiger partial charge in [0, 0.05) is 0 Å². The second-order valence-corrected chi connectivity index (χ2v) is 5.89. The van der Waals surface area contributed by atoms with Gasteiger partial charge >= 0.3 is 11.9 Å². The fraction of sp³-hybridized carbons (Fsp3) is 0.222. The van der Waals surface area contributed by atoms with Gasteiger partial charge in [0.1, 0.15) is 11.3 Å². The predicted molar refractivity (Wildman–Crippen MR) is 98.4 cm³/mol. The molecule has 0 radical (unpaired) electrons. The average Bonchev–Trinajstić information content (AvgIpc) is 3.11. The molecule has 0 aliphatic carbocycles. The van der Waals surface area contributed by atoms with Gasteiger partial charge in [0.25, 0.3) is 5.91 Å². The van der Waals surface area contributed by atoms with Gasteiger partial charge in [0.05, 0.1) is 25.6 Å². The number of anilines is 1. The molecule has 136 valence electrons. The minimum atomic E-state index is -0.660. The zero-order chi connectivity index (χ0) is 18.9. The summed E-state index contributed by atoms with van der Waals surface area (Å²) in [6, 6.07) is 10.7. The SMILES string of the molecule is CCOC(=O)CC(=O)N(/N=C/c1ccccc1)c1ccsc1C(=O)OC. The van der Waals surface area contributed by atoms with E-state index < -0.39 is 24.3 Å². The van der Waals surface area contributed by atoms with Gasteiger partial charge in [-0.25, -0.2) is 4.79 Å². The molecule has 0 saturated carbocycles. The maximum absolute atomic E-state index is 12.6. The molecule has 2 rings (SSSR count). The fourth-order valence-corrected chi connectivity index (χ4v) is 2.84. The van der Waals surface area contributed by atoms with E-state index in [9.17, 15) is 14.4 Å². The molecule has 2 aromatic rings. The van der Waals surface area contributed by atoms with Crippen molar-refractivity contribution in [2.24, 2.45) is 5.10 Å². The molecule has 1 heterocycles. The summed E-state index contributed by atoms with van der Waals surface area (Å²) in [6.07, 6.45) is 0.984. The molecule has 8 heteroatoms. The summed E-state index contributed by atoms with van der Waals surface area (Å²) in [6.45, 7) is 1.83. The Balaban J connectivity index is 2.34. The number of benzene rings is 1. The predicted octanol–water partition coefficient (Wildman–Crippen LogP) is 2.86. The highest BCUT2D eigenvalue weighted by Crippen LogP contribution is 2.28. The number of carbonyl (C=O) groups excluding carboxylic acids is 3. The second-order valence-electron chi connectivity index (χ2n) is 4.97. The summed E-state index contributed by atoms with van der Waals surface area (Å²) in [7, 11) is 1.25. The molecule has 1 aromatic heterocycles. The van der Waals surface area contributed by atoms with Gasteiger partial charge in [-0.1, -0.05) is 30.3 Å². The summed E-state index contributed by atoms with van der Waals surface area (Å²) in [4.78, 5) is 36.4. The fourth-order valence-electron chi connectivity index (χ4n) is 2.05. The molecule has 0 fully saturated rings. The quantitative estimate of drug-likeness (QED) is 0.322. The summed E-state index contributed by atoms with van der Waals surface area (Å²) >= 11 is 1.12. The number of esters is 2. The lowest BCUT2D eigenvalue weighted by Crippen LogP contribution is -2.29. The van der Waals surface area contributed by atoms with Crippen molar-refractivity contribution >= 4 is 41.1 Å². The van der Waals surface area contributed by atoms with Gasteiger partial charge in [-0.15, -0.1) is 11.3 Å².